The zero-order valence-corrected chi connectivity index (χ0v) is 11.2. The summed E-state index contributed by atoms with van der Waals surface area (Å²) in [6.45, 7) is 0. The zero-order valence-electron chi connectivity index (χ0n) is 10.4. The van der Waals surface area contributed by atoms with Crippen LogP contribution in [0.5, 0.6) is 5.75 Å². The van der Waals surface area contributed by atoms with E-state index in [1.807, 2.05) is 0 Å². The van der Waals surface area contributed by atoms with Crippen LogP contribution in [0.15, 0.2) is 47.4 Å². The Morgan fingerprint density at radius 3 is 2.74 bits per heavy atom. The van der Waals surface area contributed by atoms with Gasteiger partial charge in [0.05, 0.1) is 23.7 Å². The van der Waals surface area contributed by atoms with E-state index in [-0.39, 0.29) is 5.75 Å². The maximum atomic E-state index is 13.6. The Labute approximate surface area is 113 Å². The monoisotopic (exact) mass is 279 g/mol. The lowest BCUT2D eigenvalue weighted by Crippen LogP contribution is -2.00. The number of methoxy groups -OCH3 is 1. The van der Waals surface area contributed by atoms with E-state index in [9.17, 15) is 8.60 Å². The van der Waals surface area contributed by atoms with Gasteiger partial charge < -0.3 is 10.5 Å². The van der Waals surface area contributed by atoms with E-state index in [0.29, 0.717) is 21.9 Å². The number of benzene rings is 2. The van der Waals surface area contributed by atoms with E-state index in [0.717, 1.165) is 0 Å². The van der Waals surface area contributed by atoms with E-state index < -0.39 is 16.6 Å². The second kappa shape index (κ2) is 5.84. The molecule has 2 N–H and O–H groups in total. The smallest absolute Gasteiger partial charge is 0.129 e. The molecule has 100 valence electrons. The van der Waals surface area contributed by atoms with E-state index in [1.54, 1.807) is 43.5 Å². The highest BCUT2D eigenvalue weighted by atomic mass is 32.2. The first-order chi connectivity index (χ1) is 9.10. The average molecular weight is 279 g/mol. The number of hydrogen-bond donors (Lipinski definition) is 1. The molecule has 0 heterocycles. The molecule has 0 saturated carbocycles. The van der Waals surface area contributed by atoms with Gasteiger partial charge in [-0.25, -0.2) is 4.39 Å². The summed E-state index contributed by atoms with van der Waals surface area (Å²) in [4.78, 5) is 0.607. The number of nitrogen functional groups attached to an aromatic ring is 1. The van der Waals surface area contributed by atoms with Crippen LogP contribution < -0.4 is 10.5 Å². The van der Waals surface area contributed by atoms with E-state index in [4.69, 9.17) is 10.5 Å². The van der Waals surface area contributed by atoms with Gasteiger partial charge in [-0.15, -0.1) is 0 Å². The van der Waals surface area contributed by atoms with Crippen LogP contribution in [0.2, 0.25) is 0 Å². The molecule has 0 saturated heterocycles. The number of rotatable bonds is 4. The first-order valence-corrected chi connectivity index (χ1v) is 6.98. The largest absolute Gasteiger partial charge is 0.497 e. The molecule has 1 atom stereocenters. The van der Waals surface area contributed by atoms with Crippen LogP contribution in [0.3, 0.4) is 0 Å². The van der Waals surface area contributed by atoms with Gasteiger partial charge >= 0.3 is 0 Å². The highest BCUT2D eigenvalue weighted by molar-refractivity contribution is 7.84. The van der Waals surface area contributed by atoms with Crippen LogP contribution in [0.1, 0.15) is 5.56 Å². The van der Waals surface area contributed by atoms with Crippen LogP contribution >= 0.6 is 0 Å². The topological polar surface area (TPSA) is 52.3 Å². The molecule has 2 aromatic rings. The van der Waals surface area contributed by atoms with Gasteiger partial charge in [0.25, 0.3) is 0 Å². The molecule has 0 bridgehead atoms. The van der Waals surface area contributed by atoms with Crippen molar-refractivity contribution in [3.05, 3.63) is 53.8 Å². The molecule has 19 heavy (non-hydrogen) atoms. The molecule has 0 aliphatic rings. The van der Waals surface area contributed by atoms with Crippen molar-refractivity contribution in [2.75, 3.05) is 12.8 Å². The van der Waals surface area contributed by atoms with Crippen LogP contribution in [-0.2, 0) is 16.6 Å². The zero-order chi connectivity index (χ0) is 13.8. The molecule has 0 amide bonds. The summed E-state index contributed by atoms with van der Waals surface area (Å²) < 4.78 is 30.9. The fraction of sp³-hybridized carbons (Fsp3) is 0.143. The van der Waals surface area contributed by atoms with Crippen molar-refractivity contribution in [1.29, 1.82) is 0 Å². The Hall–Kier alpha value is -1.88. The lowest BCUT2D eigenvalue weighted by Gasteiger charge is -2.06. The predicted octanol–water partition coefficient (Wildman–Crippen LogP) is 2.72. The van der Waals surface area contributed by atoms with Gasteiger partial charge in [-0.1, -0.05) is 12.1 Å². The highest BCUT2D eigenvalue weighted by Gasteiger charge is 2.10. The van der Waals surface area contributed by atoms with Crippen molar-refractivity contribution in [3.8, 4) is 5.75 Å². The van der Waals surface area contributed by atoms with Crippen LogP contribution in [0.4, 0.5) is 10.1 Å². The van der Waals surface area contributed by atoms with Gasteiger partial charge in [0.2, 0.25) is 0 Å². The van der Waals surface area contributed by atoms with Crippen molar-refractivity contribution in [1.82, 2.24) is 0 Å². The number of halogens is 1. The van der Waals surface area contributed by atoms with Crippen molar-refractivity contribution in [2.45, 2.75) is 10.6 Å². The Morgan fingerprint density at radius 1 is 1.26 bits per heavy atom. The summed E-state index contributed by atoms with van der Waals surface area (Å²) in [5.41, 5.74) is 6.21. The maximum absolute atomic E-state index is 13.6. The van der Waals surface area contributed by atoms with E-state index >= 15 is 0 Å². The molecule has 1 unspecified atom stereocenters. The van der Waals surface area contributed by atoms with Crippen molar-refractivity contribution < 1.29 is 13.3 Å². The van der Waals surface area contributed by atoms with Crippen molar-refractivity contribution >= 4 is 16.5 Å². The standard InChI is InChI=1S/C14H14FNO2S/c1-18-12-3-2-4-13(8-12)19(17)9-10-5-6-11(16)7-14(10)15/h2-8H,9,16H2,1H3. The Bertz CT molecular complexity index is 616. The lowest BCUT2D eigenvalue weighted by molar-refractivity contribution is 0.413. The van der Waals surface area contributed by atoms with Crippen molar-refractivity contribution in [2.24, 2.45) is 0 Å². The summed E-state index contributed by atoms with van der Waals surface area (Å²) in [5.74, 6) is 0.305. The Morgan fingerprint density at radius 2 is 2.05 bits per heavy atom. The molecule has 2 rings (SSSR count). The average Bonchev–Trinajstić information content (AvgIpc) is 2.42. The van der Waals surface area contributed by atoms with Crippen LogP contribution in [-0.4, -0.2) is 11.3 Å². The lowest BCUT2D eigenvalue weighted by atomic mass is 10.2. The van der Waals surface area contributed by atoms with Gasteiger partial charge in [0.1, 0.15) is 11.6 Å². The molecule has 0 aliphatic carbocycles. The maximum Gasteiger partial charge on any atom is 0.129 e. The highest BCUT2D eigenvalue weighted by Crippen LogP contribution is 2.20. The summed E-state index contributed by atoms with van der Waals surface area (Å²) in [7, 11) is 0.219. The summed E-state index contributed by atoms with van der Waals surface area (Å²) in [6, 6.07) is 11.3. The molecule has 0 spiro atoms. The third-order valence-corrected chi connectivity index (χ3v) is 4.02. The molecule has 5 heteroatoms. The predicted molar refractivity (Wildman–Crippen MR) is 73.9 cm³/mol. The molecule has 0 aliphatic heterocycles. The molecular formula is C14H14FNO2S. The second-order valence-corrected chi connectivity index (χ2v) is 5.47. The summed E-state index contributed by atoms with van der Waals surface area (Å²) in [6.07, 6.45) is 0. The normalized spacial score (nSPS) is 12.1. The second-order valence-electron chi connectivity index (χ2n) is 4.02. The number of nitrogens with two attached hydrogens (primary N) is 1. The molecule has 3 nitrogen and oxygen atoms in total. The SMILES string of the molecule is COc1cccc(S(=O)Cc2ccc(N)cc2F)c1. The van der Waals surface area contributed by atoms with E-state index in [1.165, 1.54) is 6.07 Å². The minimum Gasteiger partial charge on any atom is -0.497 e. The Balaban J connectivity index is 2.20. The van der Waals surface area contributed by atoms with Gasteiger partial charge in [-0.3, -0.25) is 4.21 Å². The third kappa shape index (κ3) is 3.32. The summed E-state index contributed by atoms with van der Waals surface area (Å²) in [5, 5.41) is 0. The first-order valence-electron chi connectivity index (χ1n) is 5.66. The molecule has 0 fully saturated rings. The number of ether oxygens (including phenoxy) is 1. The van der Waals surface area contributed by atoms with Crippen LogP contribution in [0, 0.1) is 5.82 Å². The first kappa shape index (κ1) is 13.5. The van der Waals surface area contributed by atoms with Gasteiger partial charge in [-0.05, 0) is 30.3 Å². The minimum atomic E-state index is -1.32. The Kier molecular flexibility index (Phi) is 4.16. The quantitative estimate of drug-likeness (QED) is 0.875. The molecule has 0 aromatic heterocycles. The summed E-state index contributed by atoms with van der Waals surface area (Å²) >= 11 is 0. The number of anilines is 1. The fourth-order valence-corrected chi connectivity index (χ4v) is 2.81. The third-order valence-electron chi connectivity index (χ3n) is 2.67. The van der Waals surface area contributed by atoms with Crippen LogP contribution in [0.25, 0.3) is 0 Å². The van der Waals surface area contributed by atoms with Gasteiger partial charge in [-0.2, -0.15) is 0 Å². The van der Waals surface area contributed by atoms with Gasteiger partial charge in [0.15, 0.2) is 0 Å². The van der Waals surface area contributed by atoms with E-state index in [2.05, 4.69) is 0 Å². The fourth-order valence-electron chi connectivity index (χ4n) is 1.65. The molecule has 2 aromatic carbocycles. The molecular weight excluding hydrogens is 265 g/mol. The minimum absolute atomic E-state index is 0.110. The number of hydrogen-bond acceptors (Lipinski definition) is 3. The molecule has 0 radical (unpaired) electrons. The van der Waals surface area contributed by atoms with Crippen molar-refractivity contribution in [3.63, 3.8) is 0 Å². The van der Waals surface area contributed by atoms with Gasteiger partial charge in [0, 0.05) is 16.1 Å².